The third kappa shape index (κ3) is 2.19. The lowest BCUT2D eigenvalue weighted by molar-refractivity contribution is -0.0794. The highest BCUT2D eigenvalue weighted by atomic mass is 79.9. The van der Waals surface area contributed by atoms with Gasteiger partial charge < -0.3 is 10.1 Å². The maximum atomic E-state index is 5.50. The summed E-state index contributed by atoms with van der Waals surface area (Å²) in [4.78, 5) is 8.84. The molecular weight excluding hydrogens is 318 g/mol. The van der Waals surface area contributed by atoms with Crippen LogP contribution in [0.2, 0.25) is 0 Å². The Morgan fingerprint density at radius 2 is 2.20 bits per heavy atom. The number of aromatic nitrogens is 2. The zero-order valence-electron chi connectivity index (χ0n) is 11.9. The number of anilines is 1. The highest BCUT2D eigenvalue weighted by Crippen LogP contribution is 2.44. The molecule has 0 spiro atoms. The van der Waals surface area contributed by atoms with Gasteiger partial charge in [-0.3, -0.25) is 9.97 Å². The molecule has 106 valence electrons. The summed E-state index contributed by atoms with van der Waals surface area (Å²) in [5, 5.41) is 3.60. The summed E-state index contributed by atoms with van der Waals surface area (Å²) >= 11 is 3.43. The Bertz CT molecular complexity index is 644. The van der Waals surface area contributed by atoms with Gasteiger partial charge in [-0.25, -0.2) is 0 Å². The van der Waals surface area contributed by atoms with Crippen LogP contribution in [0.4, 0.5) is 5.69 Å². The van der Waals surface area contributed by atoms with Crippen LogP contribution in [0.1, 0.15) is 20.3 Å². The van der Waals surface area contributed by atoms with Gasteiger partial charge in [0.2, 0.25) is 0 Å². The van der Waals surface area contributed by atoms with E-state index >= 15 is 0 Å². The van der Waals surface area contributed by atoms with Crippen LogP contribution >= 0.6 is 15.9 Å². The largest absolute Gasteiger partial charge is 0.381 e. The zero-order valence-corrected chi connectivity index (χ0v) is 13.4. The van der Waals surface area contributed by atoms with Crippen molar-refractivity contribution in [3.63, 3.8) is 0 Å². The van der Waals surface area contributed by atoms with Gasteiger partial charge in [0, 0.05) is 35.4 Å². The lowest BCUT2D eigenvalue weighted by Crippen LogP contribution is -2.57. The summed E-state index contributed by atoms with van der Waals surface area (Å²) in [6.07, 6.45) is 4.96. The SMILES string of the molecule is COC1CC(Nc2ccnc3cc(Br)cnc23)C1(C)C. The van der Waals surface area contributed by atoms with Crippen LogP contribution in [0.3, 0.4) is 0 Å². The van der Waals surface area contributed by atoms with Gasteiger partial charge in [-0.15, -0.1) is 0 Å². The maximum absolute atomic E-state index is 5.50. The van der Waals surface area contributed by atoms with Gasteiger partial charge in [-0.1, -0.05) is 13.8 Å². The van der Waals surface area contributed by atoms with Crippen molar-refractivity contribution >= 4 is 32.7 Å². The molecule has 3 rings (SSSR count). The lowest BCUT2D eigenvalue weighted by Gasteiger charge is -2.51. The number of methoxy groups -OCH3 is 1. The number of pyridine rings is 2. The fourth-order valence-corrected chi connectivity index (χ4v) is 3.16. The first kappa shape index (κ1) is 13.8. The van der Waals surface area contributed by atoms with Crippen molar-refractivity contribution in [1.82, 2.24) is 9.97 Å². The average Bonchev–Trinajstić information content (AvgIpc) is 2.42. The van der Waals surface area contributed by atoms with Gasteiger partial charge in [-0.2, -0.15) is 0 Å². The summed E-state index contributed by atoms with van der Waals surface area (Å²) in [7, 11) is 1.78. The Hall–Kier alpha value is -1.20. The minimum atomic E-state index is 0.125. The summed E-state index contributed by atoms with van der Waals surface area (Å²) in [6, 6.07) is 4.36. The van der Waals surface area contributed by atoms with E-state index in [1.54, 1.807) is 13.3 Å². The Labute approximate surface area is 127 Å². The van der Waals surface area contributed by atoms with Crippen molar-refractivity contribution in [2.24, 2.45) is 5.41 Å². The topological polar surface area (TPSA) is 47.0 Å². The fraction of sp³-hybridized carbons (Fsp3) is 0.467. The van der Waals surface area contributed by atoms with Crippen molar-refractivity contribution in [2.75, 3.05) is 12.4 Å². The van der Waals surface area contributed by atoms with E-state index < -0.39 is 0 Å². The van der Waals surface area contributed by atoms with Crippen LogP contribution < -0.4 is 5.32 Å². The Balaban J connectivity index is 1.89. The lowest BCUT2D eigenvalue weighted by atomic mass is 9.64. The summed E-state index contributed by atoms with van der Waals surface area (Å²) in [6.45, 7) is 4.46. The Morgan fingerprint density at radius 3 is 2.90 bits per heavy atom. The highest BCUT2D eigenvalue weighted by molar-refractivity contribution is 9.10. The highest BCUT2D eigenvalue weighted by Gasteiger charge is 2.48. The molecule has 2 unspecified atom stereocenters. The summed E-state index contributed by atoms with van der Waals surface area (Å²) in [5.74, 6) is 0. The Kier molecular flexibility index (Phi) is 3.42. The van der Waals surface area contributed by atoms with E-state index in [-0.39, 0.29) is 5.41 Å². The number of ether oxygens (including phenoxy) is 1. The first-order valence-corrected chi connectivity index (χ1v) is 7.51. The molecule has 1 saturated carbocycles. The average molecular weight is 336 g/mol. The van der Waals surface area contributed by atoms with E-state index in [4.69, 9.17) is 4.74 Å². The molecule has 20 heavy (non-hydrogen) atoms. The quantitative estimate of drug-likeness (QED) is 0.930. The molecule has 0 bridgehead atoms. The van der Waals surface area contributed by atoms with Crippen LogP contribution in [0.5, 0.6) is 0 Å². The smallest absolute Gasteiger partial charge is 0.112 e. The number of halogens is 1. The molecule has 2 aromatic heterocycles. The van der Waals surface area contributed by atoms with Crippen molar-refractivity contribution in [3.05, 3.63) is 29.0 Å². The predicted octanol–water partition coefficient (Wildman–Crippen LogP) is 3.62. The summed E-state index contributed by atoms with van der Waals surface area (Å²) < 4.78 is 6.44. The second kappa shape index (κ2) is 4.97. The van der Waals surface area contributed by atoms with Crippen LogP contribution in [0.15, 0.2) is 29.0 Å². The van der Waals surface area contributed by atoms with Gasteiger partial charge in [0.25, 0.3) is 0 Å². The van der Waals surface area contributed by atoms with Gasteiger partial charge in [0.1, 0.15) is 5.52 Å². The molecule has 2 heterocycles. The molecule has 0 aliphatic heterocycles. The number of hydrogen-bond donors (Lipinski definition) is 1. The third-order valence-corrected chi connectivity index (χ3v) is 4.77. The molecule has 2 aromatic rings. The van der Waals surface area contributed by atoms with E-state index in [1.807, 2.05) is 18.3 Å². The molecule has 0 amide bonds. The molecule has 1 fully saturated rings. The van der Waals surface area contributed by atoms with E-state index in [9.17, 15) is 0 Å². The van der Waals surface area contributed by atoms with E-state index in [0.717, 1.165) is 27.6 Å². The fourth-order valence-electron chi connectivity index (χ4n) is 2.84. The molecule has 4 nitrogen and oxygen atoms in total. The van der Waals surface area contributed by atoms with E-state index in [1.165, 1.54) is 0 Å². The zero-order chi connectivity index (χ0) is 14.3. The van der Waals surface area contributed by atoms with Gasteiger partial charge in [0.15, 0.2) is 0 Å². The first-order chi connectivity index (χ1) is 9.52. The number of nitrogens with one attached hydrogen (secondary N) is 1. The molecule has 0 aromatic carbocycles. The van der Waals surface area contributed by atoms with Crippen molar-refractivity contribution < 1.29 is 4.74 Å². The van der Waals surface area contributed by atoms with Crippen molar-refractivity contribution in [2.45, 2.75) is 32.4 Å². The molecule has 1 aliphatic rings. The van der Waals surface area contributed by atoms with Gasteiger partial charge in [0.05, 0.1) is 17.3 Å². The minimum absolute atomic E-state index is 0.125. The molecule has 0 saturated heterocycles. The van der Waals surface area contributed by atoms with Crippen molar-refractivity contribution in [3.8, 4) is 0 Å². The molecule has 1 aliphatic carbocycles. The third-order valence-electron chi connectivity index (χ3n) is 4.34. The molecular formula is C15H18BrN3O. The normalized spacial score (nSPS) is 24.4. The second-order valence-corrected chi connectivity index (χ2v) is 6.77. The first-order valence-electron chi connectivity index (χ1n) is 6.72. The van der Waals surface area contributed by atoms with Gasteiger partial charge in [-0.05, 0) is 34.5 Å². The Morgan fingerprint density at radius 1 is 1.40 bits per heavy atom. The number of nitrogens with zero attached hydrogens (tertiary/aromatic N) is 2. The minimum Gasteiger partial charge on any atom is -0.381 e. The van der Waals surface area contributed by atoms with E-state index in [2.05, 4.69) is 45.1 Å². The standard InChI is InChI=1S/C15H18BrN3O/c1-15(2)12(7-13(15)20-3)19-10-4-5-17-11-6-9(16)8-18-14(10)11/h4-6,8,12-13H,7H2,1-3H3,(H,17,19). The predicted molar refractivity (Wildman–Crippen MR) is 83.8 cm³/mol. The van der Waals surface area contributed by atoms with Gasteiger partial charge >= 0.3 is 0 Å². The molecule has 1 N–H and O–H groups in total. The molecule has 0 radical (unpaired) electrons. The van der Waals surface area contributed by atoms with Crippen LogP contribution in [-0.2, 0) is 4.74 Å². The number of fused-ring (bicyclic) bond motifs is 1. The second-order valence-electron chi connectivity index (χ2n) is 5.86. The van der Waals surface area contributed by atoms with Crippen LogP contribution in [0, 0.1) is 5.41 Å². The monoisotopic (exact) mass is 335 g/mol. The number of hydrogen-bond acceptors (Lipinski definition) is 4. The van der Waals surface area contributed by atoms with Crippen molar-refractivity contribution in [1.29, 1.82) is 0 Å². The maximum Gasteiger partial charge on any atom is 0.112 e. The summed E-state index contributed by atoms with van der Waals surface area (Å²) in [5.41, 5.74) is 2.96. The number of rotatable bonds is 3. The van der Waals surface area contributed by atoms with E-state index in [0.29, 0.717) is 12.1 Å². The van der Waals surface area contributed by atoms with Crippen LogP contribution in [0.25, 0.3) is 11.0 Å². The van der Waals surface area contributed by atoms with Crippen LogP contribution in [-0.4, -0.2) is 29.2 Å². The molecule has 5 heteroatoms. The molecule has 2 atom stereocenters.